The van der Waals surface area contributed by atoms with Crippen molar-refractivity contribution < 1.29 is 0 Å². The Kier molecular flexibility index (Phi) is 10.1. The molecule has 13 rings (SSSR count). The summed E-state index contributed by atoms with van der Waals surface area (Å²) in [7, 11) is 0. The summed E-state index contributed by atoms with van der Waals surface area (Å²) in [6.45, 7) is 0. The molecule has 0 amide bonds. The molecule has 0 N–H and O–H groups in total. The Balaban J connectivity index is 0.999. The van der Waals surface area contributed by atoms with Gasteiger partial charge in [0.1, 0.15) is 0 Å². The SMILES string of the molecule is c1ccc(-c2ccccc2-c2ccccc2-c2ccccc2N(c2ccc(-c3ccc4c(c3)C(c3ccccc3)(c3ccccc3)c3ccccc3-4)cc2)c2cc3ccccc3c3ccccc23)cc1. The van der Waals surface area contributed by atoms with Crippen LogP contribution in [0.1, 0.15) is 22.3 Å². The summed E-state index contributed by atoms with van der Waals surface area (Å²) in [5, 5.41) is 4.87. The Hall–Kier alpha value is -9.04. The van der Waals surface area contributed by atoms with Gasteiger partial charge in [-0.15, -0.1) is 0 Å². The van der Waals surface area contributed by atoms with E-state index in [1.807, 2.05) is 0 Å². The zero-order valence-electron chi connectivity index (χ0n) is 38.6. The lowest BCUT2D eigenvalue weighted by Gasteiger charge is -2.34. The second-order valence-electron chi connectivity index (χ2n) is 18.3. The zero-order chi connectivity index (χ0) is 46.4. The highest BCUT2D eigenvalue weighted by Crippen LogP contribution is 2.57. The number of fused-ring (bicyclic) bond motifs is 6. The van der Waals surface area contributed by atoms with E-state index in [4.69, 9.17) is 0 Å². The van der Waals surface area contributed by atoms with Crippen LogP contribution >= 0.6 is 0 Å². The van der Waals surface area contributed by atoms with Crippen molar-refractivity contribution in [2.45, 2.75) is 5.41 Å². The summed E-state index contributed by atoms with van der Waals surface area (Å²) in [4.78, 5) is 2.49. The summed E-state index contributed by atoms with van der Waals surface area (Å²) in [6, 6.07) is 105. The van der Waals surface area contributed by atoms with E-state index < -0.39 is 5.41 Å². The van der Waals surface area contributed by atoms with Gasteiger partial charge in [-0.3, -0.25) is 0 Å². The molecule has 0 aliphatic heterocycles. The van der Waals surface area contributed by atoms with Gasteiger partial charge in [0.2, 0.25) is 0 Å². The Labute approximate surface area is 409 Å². The second-order valence-corrected chi connectivity index (χ2v) is 18.3. The number of anilines is 3. The molecule has 0 saturated heterocycles. The number of benzene rings is 12. The van der Waals surface area contributed by atoms with Crippen LogP contribution in [0.25, 0.3) is 77.2 Å². The third-order valence-corrected chi connectivity index (χ3v) is 14.6. The molecule has 0 aromatic heterocycles. The van der Waals surface area contributed by atoms with Crippen molar-refractivity contribution in [3.63, 3.8) is 0 Å². The van der Waals surface area contributed by atoms with Gasteiger partial charge < -0.3 is 4.90 Å². The standard InChI is InChI=1S/C69H47N/c1-4-22-49(23-5-1)55-29-12-13-31-57(55)59-33-14-15-34-60(59)63-36-19-21-39-67(63)70(68-47-51-24-10-11-30-56(51)58-32-16-17-37-64(58)68)54-43-40-48(41-44-54)50-42-45-62-61-35-18-20-38-65(61)69(66(62)46-50,52-25-6-2-7-26-52)53-27-8-3-9-28-53/h1-47H. The van der Waals surface area contributed by atoms with Gasteiger partial charge in [-0.1, -0.05) is 255 Å². The first-order valence-corrected chi connectivity index (χ1v) is 24.3. The van der Waals surface area contributed by atoms with Crippen LogP contribution in [-0.2, 0) is 5.41 Å². The summed E-state index contributed by atoms with van der Waals surface area (Å²) >= 11 is 0. The highest BCUT2D eigenvalue weighted by Gasteiger charge is 2.46. The van der Waals surface area contributed by atoms with Crippen LogP contribution in [0.2, 0.25) is 0 Å². The highest BCUT2D eigenvalue weighted by atomic mass is 15.1. The van der Waals surface area contributed by atoms with Crippen LogP contribution in [0.15, 0.2) is 285 Å². The maximum Gasteiger partial charge on any atom is 0.0713 e. The Bertz CT molecular complexity index is 3830. The molecule has 70 heavy (non-hydrogen) atoms. The van der Waals surface area contributed by atoms with Crippen LogP contribution in [0.5, 0.6) is 0 Å². The van der Waals surface area contributed by atoms with Crippen molar-refractivity contribution in [3.8, 4) is 55.6 Å². The van der Waals surface area contributed by atoms with Gasteiger partial charge >= 0.3 is 0 Å². The van der Waals surface area contributed by atoms with Crippen molar-refractivity contribution in [3.05, 3.63) is 307 Å². The van der Waals surface area contributed by atoms with Gasteiger partial charge in [-0.2, -0.15) is 0 Å². The van der Waals surface area contributed by atoms with Gasteiger partial charge in [-0.05, 0) is 119 Å². The first-order valence-electron chi connectivity index (χ1n) is 24.3. The largest absolute Gasteiger partial charge is 0.309 e. The second kappa shape index (κ2) is 17.2. The maximum absolute atomic E-state index is 2.49. The van der Waals surface area contributed by atoms with Crippen LogP contribution in [0, 0.1) is 0 Å². The summed E-state index contributed by atoms with van der Waals surface area (Å²) < 4.78 is 0. The van der Waals surface area contributed by atoms with E-state index in [1.54, 1.807) is 0 Å². The van der Waals surface area contributed by atoms with Crippen molar-refractivity contribution >= 4 is 38.6 Å². The van der Waals surface area contributed by atoms with E-state index in [2.05, 4.69) is 290 Å². The predicted octanol–water partition coefficient (Wildman–Crippen LogP) is 18.5. The Morgan fingerprint density at radius 2 is 0.714 bits per heavy atom. The molecule has 0 unspecified atom stereocenters. The average Bonchev–Trinajstić information content (AvgIpc) is 3.74. The van der Waals surface area contributed by atoms with Crippen molar-refractivity contribution in [1.29, 1.82) is 0 Å². The van der Waals surface area contributed by atoms with E-state index in [1.165, 1.54) is 88.3 Å². The van der Waals surface area contributed by atoms with Gasteiger partial charge in [-0.25, -0.2) is 0 Å². The fourth-order valence-corrected chi connectivity index (χ4v) is 11.5. The van der Waals surface area contributed by atoms with Gasteiger partial charge in [0.15, 0.2) is 0 Å². The smallest absolute Gasteiger partial charge is 0.0713 e. The lowest BCUT2D eigenvalue weighted by atomic mass is 9.67. The minimum atomic E-state index is -0.472. The molecular weight excluding hydrogens is 843 g/mol. The topological polar surface area (TPSA) is 3.24 Å². The fourth-order valence-electron chi connectivity index (χ4n) is 11.5. The number of rotatable bonds is 9. The third kappa shape index (κ3) is 6.70. The van der Waals surface area contributed by atoms with Crippen molar-refractivity contribution in [2.24, 2.45) is 0 Å². The lowest BCUT2D eigenvalue weighted by Crippen LogP contribution is -2.28. The van der Waals surface area contributed by atoms with Gasteiger partial charge in [0.05, 0.1) is 16.8 Å². The lowest BCUT2D eigenvalue weighted by molar-refractivity contribution is 0.769. The third-order valence-electron chi connectivity index (χ3n) is 14.6. The molecular formula is C69H47N. The fraction of sp³-hybridized carbons (Fsp3) is 0.0145. The van der Waals surface area contributed by atoms with Crippen molar-refractivity contribution in [2.75, 3.05) is 4.90 Å². The molecule has 0 fully saturated rings. The van der Waals surface area contributed by atoms with E-state index in [0.29, 0.717) is 0 Å². The summed E-state index contributed by atoms with van der Waals surface area (Å²) in [5.41, 5.74) is 20.0. The van der Waals surface area contributed by atoms with Crippen LogP contribution in [0.4, 0.5) is 17.1 Å². The molecule has 0 radical (unpaired) electrons. The van der Waals surface area contributed by atoms with Crippen LogP contribution < -0.4 is 4.90 Å². The quantitative estimate of drug-likeness (QED) is 0.131. The van der Waals surface area contributed by atoms with Crippen molar-refractivity contribution in [1.82, 2.24) is 0 Å². The molecule has 0 spiro atoms. The van der Waals surface area contributed by atoms with Crippen LogP contribution in [0.3, 0.4) is 0 Å². The van der Waals surface area contributed by atoms with E-state index >= 15 is 0 Å². The monoisotopic (exact) mass is 889 g/mol. The van der Waals surface area contributed by atoms with E-state index in [0.717, 1.165) is 28.2 Å². The molecule has 12 aromatic rings. The van der Waals surface area contributed by atoms with Gasteiger partial charge in [0.25, 0.3) is 0 Å². The maximum atomic E-state index is 2.49. The highest BCUT2D eigenvalue weighted by molar-refractivity contribution is 6.15. The molecule has 0 saturated carbocycles. The van der Waals surface area contributed by atoms with E-state index in [9.17, 15) is 0 Å². The van der Waals surface area contributed by atoms with Crippen LogP contribution in [-0.4, -0.2) is 0 Å². The zero-order valence-corrected chi connectivity index (χ0v) is 38.6. The minimum absolute atomic E-state index is 0.472. The molecule has 1 aliphatic rings. The predicted molar refractivity (Wildman–Crippen MR) is 295 cm³/mol. The number of hydrogen-bond donors (Lipinski definition) is 0. The molecule has 12 aromatic carbocycles. The normalized spacial score (nSPS) is 12.4. The number of nitrogens with zero attached hydrogens (tertiary/aromatic N) is 1. The Morgan fingerprint density at radius 3 is 1.40 bits per heavy atom. The van der Waals surface area contributed by atoms with Gasteiger partial charge in [0, 0.05) is 16.6 Å². The number of para-hydroxylation sites is 1. The summed E-state index contributed by atoms with van der Waals surface area (Å²) in [5.74, 6) is 0. The molecule has 0 heterocycles. The Morgan fingerprint density at radius 1 is 0.243 bits per heavy atom. The summed E-state index contributed by atoms with van der Waals surface area (Å²) in [6.07, 6.45) is 0. The molecule has 1 aliphatic carbocycles. The number of hydrogen-bond acceptors (Lipinski definition) is 1. The molecule has 0 atom stereocenters. The molecule has 1 nitrogen and oxygen atoms in total. The molecule has 0 bridgehead atoms. The average molecular weight is 890 g/mol. The first-order chi connectivity index (χ1) is 34.8. The van der Waals surface area contributed by atoms with E-state index in [-0.39, 0.29) is 0 Å². The molecule has 328 valence electrons. The minimum Gasteiger partial charge on any atom is -0.309 e. The first kappa shape index (κ1) is 41.2. The molecule has 1 heteroatoms.